The summed E-state index contributed by atoms with van der Waals surface area (Å²) in [6.07, 6.45) is 2.96. The predicted octanol–water partition coefficient (Wildman–Crippen LogP) is 2.96. The fraction of sp³-hybridized carbons (Fsp3) is 0.650. The van der Waals surface area contributed by atoms with Gasteiger partial charge in [-0.05, 0) is 51.3 Å². The minimum atomic E-state index is -3.43. The molecule has 0 unspecified atom stereocenters. The van der Waals surface area contributed by atoms with Gasteiger partial charge in [-0.25, -0.2) is 13.4 Å². The summed E-state index contributed by atoms with van der Waals surface area (Å²) in [7, 11) is -1.75. The molecule has 0 bridgehead atoms. The van der Waals surface area contributed by atoms with Crippen molar-refractivity contribution in [3.05, 3.63) is 29.8 Å². The van der Waals surface area contributed by atoms with E-state index in [1.807, 2.05) is 26.8 Å². The summed E-state index contributed by atoms with van der Waals surface area (Å²) >= 11 is 0. The molecule has 1 aromatic rings. The molecule has 0 aromatic heterocycles. The summed E-state index contributed by atoms with van der Waals surface area (Å²) in [5.41, 5.74) is 0.555. The van der Waals surface area contributed by atoms with Gasteiger partial charge in [-0.2, -0.15) is 4.31 Å². The van der Waals surface area contributed by atoms with Gasteiger partial charge >= 0.3 is 0 Å². The smallest absolute Gasteiger partial charge is 0.243 e. The van der Waals surface area contributed by atoms with Crippen molar-refractivity contribution in [2.45, 2.75) is 57.1 Å². The van der Waals surface area contributed by atoms with Gasteiger partial charge in [0.2, 0.25) is 10.0 Å². The van der Waals surface area contributed by atoms with Crippen LogP contribution < -0.4 is 10.6 Å². The first-order valence-electron chi connectivity index (χ1n) is 9.95. The molecule has 1 aliphatic heterocycles. The number of hydrogen-bond donors (Lipinski definition) is 2. The summed E-state index contributed by atoms with van der Waals surface area (Å²) < 4.78 is 32.8. The van der Waals surface area contributed by atoms with Crippen molar-refractivity contribution in [2.75, 3.05) is 33.3 Å². The van der Waals surface area contributed by atoms with Crippen LogP contribution >= 0.6 is 24.0 Å². The van der Waals surface area contributed by atoms with Crippen molar-refractivity contribution < 1.29 is 13.2 Å². The lowest BCUT2D eigenvalue weighted by Crippen LogP contribution is -2.45. The zero-order valence-corrected chi connectivity index (χ0v) is 21.0. The van der Waals surface area contributed by atoms with E-state index in [1.54, 1.807) is 29.6 Å². The van der Waals surface area contributed by atoms with Crippen LogP contribution in [0.4, 0.5) is 0 Å². The van der Waals surface area contributed by atoms with Crippen LogP contribution in [0.3, 0.4) is 0 Å². The molecule has 1 saturated heterocycles. The monoisotopic (exact) mass is 538 g/mol. The number of rotatable bonds is 8. The van der Waals surface area contributed by atoms with E-state index in [2.05, 4.69) is 15.6 Å². The van der Waals surface area contributed by atoms with Gasteiger partial charge in [-0.3, -0.25) is 0 Å². The number of benzene rings is 1. The van der Waals surface area contributed by atoms with Gasteiger partial charge in [0.1, 0.15) is 0 Å². The summed E-state index contributed by atoms with van der Waals surface area (Å²) in [4.78, 5) is 4.93. The maximum absolute atomic E-state index is 12.9. The maximum Gasteiger partial charge on any atom is 0.243 e. The molecule has 0 atom stereocenters. The normalized spacial score (nSPS) is 16.2. The standard InChI is InChI=1S/C20H34N4O3S.HI/c1-5-21-19(23-16-20(2,3)27-4)22-15-17-10-9-11-18(14-17)28(25,26)24-12-7-6-8-13-24;/h9-11,14H,5-8,12-13,15-16H2,1-4H3,(H2,21,22,23);1H. The van der Waals surface area contributed by atoms with Crippen molar-refractivity contribution in [3.63, 3.8) is 0 Å². The van der Waals surface area contributed by atoms with Gasteiger partial charge < -0.3 is 15.4 Å². The number of guanidine groups is 1. The number of sulfonamides is 1. The van der Waals surface area contributed by atoms with Gasteiger partial charge in [0.05, 0.1) is 17.0 Å². The number of aliphatic imine (C=N–C) groups is 1. The van der Waals surface area contributed by atoms with Gasteiger partial charge in [0.25, 0.3) is 0 Å². The molecule has 29 heavy (non-hydrogen) atoms. The molecule has 2 N–H and O–H groups in total. The number of nitrogens with zero attached hydrogens (tertiary/aromatic N) is 2. The first-order chi connectivity index (χ1) is 13.3. The Morgan fingerprint density at radius 1 is 1.21 bits per heavy atom. The average molecular weight is 538 g/mol. The summed E-state index contributed by atoms with van der Waals surface area (Å²) in [6.45, 7) is 8.96. The molecule has 9 heteroatoms. The summed E-state index contributed by atoms with van der Waals surface area (Å²) in [6, 6.07) is 7.09. The maximum atomic E-state index is 12.9. The highest BCUT2D eigenvalue weighted by Gasteiger charge is 2.25. The van der Waals surface area contributed by atoms with Crippen LogP contribution in [0.15, 0.2) is 34.2 Å². The molecule has 1 heterocycles. The Morgan fingerprint density at radius 3 is 2.52 bits per heavy atom. The lowest BCUT2D eigenvalue weighted by atomic mass is 10.1. The van der Waals surface area contributed by atoms with Crippen molar-refractivity contribution in [3.8, 4) is 0 Å². The molecule has 166 valence electrons. The first kappa shape index (κ1) is 26.1. The lowest BCUT2D eigenvalue weighted by molar-refractivity contribution is 0.0268. The number of methoxy groups -OCH3 is 1. The van der Waals surface area contributed by atoms with E-state index in [1.165, 1.54) is 0 Å². The second kappa shape index (κ2) is 12.1. The SMILES string of the molecule is CCNC(=NCc1cccc(S(=O)(=O)N2CCCCC2)c1)NCC(C)(C)OC.I. The van der Waals surface area contributed by atoms with Crippen LogP contribution in [-0.2, 0) is 21.3 Å². The zero-order valence-electron chi connectivity index (χ0n) is 17.9. The Hall–Kier alpha value is -0.910. The molecule has 0 amide bonds. The number of piperidine rings is 1. The largest absolute Gasteiger partial charge is 0.377 e. The molecule has 2 rings (SSSR count). The molecule has 1 fully saturated rings. The van der Waals surface area contributed by atoms with E-state index in [9.17, 15) is 8.42 Å². The van der Waals surface area contributed by atoms with Crippen molar-refractivity contribution in [2.24, 2.45) is 4.99 Å². The molecule has 1 aromatic carbocycles. The highest BCUT2D eigenvalue weighted by molar-refractivity contribution is 14.0. The topological polar surface area (TPSA) is 83.0 Å². The Labute approximate surface area is 192 Å². The molecule has 0 aliphatic carbocycles. The first-order valence-corrected chi connectivity index (χ1v) is 11.4. The molecule has 7 nitrogen and oxygen atoms in total. The molecular weight excluding hydrogens is 503 g/mol. The third-order valence-corrected chi connectivity index (χ3v) is 6.74. The van der Waals surface area contributed by atoms with E-state index in [0.717, 1.165) is 31.4 Å². The molecule has 0 radical (unpaired) electrons. The Kier molecular flexibility index (Phi) is 10.9. The zero-order chi connectivity index (χ0) is 20.6. The van der Waals surface area contributed by atoms with Crippen LogP contribution in [0.25, 0.3) is 0 Å². The summed E-state index contributed by atoms with van der Waals surface area (Å²) in [5, 5.41) is 6.47. The van der Waals surface area contributed by atoms with Gasteiger partial charge in [-0.15, -0.1) is 24.0 Å². The van der Waals surface area contributed by atoms with E-state index < -0.39 is 10.0 Å². The van der Waals surface area contributed by atoms with Crippen molar-refractivity contribution >= 4 is 40.0 Å². The van der Waals surface area contributed by atoms with E-state index in [0.29, 0.717) is 37.0 Å². The van der Waals surface area contributed by atoms with Crippen LogP contribution in [0.2, 0.25) is 0 Å². The van der Waals surface area contributed by atoms with Gasteiger partial charge in [-0.1, -0.05) is 18.6 Å². The fourth-order valence-corrected chi connectivity index (χ4v) is 4.53. The summed E-state index contributed by atoms with van der Waals surface area (Å²) in [5.74, 6) is 0.678. The molecule has 0 spiro atoms. The van der Waals surface area contributed by atoms with Crippen LogP contribution in [0.5, 0.6) is 0 Å². The van der Waals surface area contributed by atoms with Gasteiger partial charge in [0, 0.05) is 33.3 Å². The second-order valence-corrected chi connectivity index (χ2v) is 9.56. The van der Waals surface area contributed by atoms with E-state index in [-0.39, 0.29) is 29.6 Å². The van der Waals surface area contributed by atoms with Crippen molar-refractivity contribution in [1.29, 1.82) is 0 Å². The number of halogens is 1. The Morgan fingerprint density at radius 2 is 1.90 bits per heavy atom. The van der Waals surface area contributed by atoms with E-state index >= 15 is 0 Å². The molecule has 1 aliphatic rings. The fourth-order valence-electron chi connectivity index (χ4n) is 2.94. The second-order valence-electron chi connectivity index (χ2n) is 7.62. The minimum Gasteiger partial charge on any atom is -0.377 e. The molecule has 0 saturated carbocycles. The van der Waals surface area contributed by atoms with E-state index in [4.69, 9.17) is 4.74 Å². The van der Waals surface area contributed by atoms with Crippen LogP contribution in [-0.4, -0.2) is 57.6 Å². The van der Waals surface area contributed by atoms with Crippen LogP contribution in [0, 0.1) is 0 Å². The Bertz CT molecular complexity index is 763. The third kappa shape index (κ3) is 8.03. The number of hydrogen-bond acceptors (Lipinski definition) is 4. The highest BCUT2D eigenvalue weighted by atomic mass is 127. The predicted molar refractivity (Wildman–Crippen MR) is 128 cm³/mol. The average Bonchev–Trinajstić information content (AvgIpc) is 2.71. The Balaban J connectivity index is 0.00000420. The number of ether oxygens (including phenoxy) is 1. The quantitative estimate of drug-likeness (QED) is 0.302. The highest BCUT2D eigenvalue weighted by Crippen LogP contribution is 2.21. The van der Waals surface area contributed by atoms with Gasteiger partial charge in [0.15, 0.2) is 5.96 Å². The number of nitrogens with one attached hydrogen (secondary N) is 2. The van der Waals surface area contributed by atoms with Crippen LogP contribution in [0.1, 0.15) is 45.6 Å². The minimum absolute atomic E-state index is 0. The molecular formula is C20H35IN4O3S. The van der Waals surface area contributed by atoms with Crippen molar-refractivity contribution in [1.82, 2.24) is 14.9 Å². The lowest BCUT2D eigenvalue weighted by Gasteiger charge is -2.26. The third-order valence-electron chi connectivity index (χ3n) is 4.85.